The Labute approximate surface area is 195 Å². The Morgan fingerprint density at radius 1 is 1.12 bits per heavy atom. The van der Waals surface area contributed by atoms with Crippen molar-refractivity contribution in [2.45, 2.75) is 105 Å². The van der Waals surface area contributed by atoms with Crippen molar-refractivity contribution in [2.75, 3.05) is 6.54 Å². The summed E-state index contributed by atoms with van der Waals surface area (Å²) >= 11 is 0. The number of Topliss-reactive ketones (excluding diaryl/α,β-unsaturated/α-hetero) is 1. The molecule has 0 aromatic carbocycles. The maximum Gasteiger partial charge on any atom is 0.303 e. The molecule has 32 heavy (non-hydrogen) atoms. The summed E-state index contributed by atoms with van der Waals surface area (Å²) < 4.78 is 0. The number of aliphatic carboxylic acids is 1. The summed E-state index contributed by atoms with van der Waals surface area (Å²) in [6.45, 7) is 12.6. The van der Waals surface area contributed by atoms with E-state index in [1.807, 2.05) is 0 Å². The van der Waals surface area contributed by atoms with Crippen LogP contribution in [0.25, 0.3) is 0 Å². The highest BCUT2D eigenvalue weighted by molar-refractivity contribution is 5.87. The average molecular weight is 446 g/mol. The number of hydrogen-bond donors (Lipinski definition) is 2. The summed E-state index contributed by atoms with van der Waals surface area (Å²) in [6.07, 6.45) is 10.6. The van der Waals surface area contributed by atoms with E-state index in [1.54, 1.807) is 0 Å². The molecule has 4 aliphatic rings. The predicted molar refractivity (Wildman–Crippen MR) is 128 cm³/mol. The van der Waals surface area contributed by atoms with Gasteiger partial charge in [0.15, 0.2) is 0 Å². The van der Waals surface area contributed by atoms with E-state index in [9.17, 15) is 14.7 Å². The highest BCUT2D eigenvalue weighted by Crippen LogP contribution is 2.67. The number of ketones is 1. The van der Waals surface area contributed by atoms with Crippen LogP contribution in [0.2, 0.25) is 0 Å². The minimum absolute atomic E-state index is 0.158. The van der Waals surface area contributed by atoms with Crippen LogP contribution in [0, 0.1) is 52.3 Å². The molecule has 4 fully saturated rings. The molecule has 4 nitrogen and oxygen atoms in total. The number of carbonyl (C=O) groups is 2. The fourth-order valence-electron chi connectivity index (χ4n) is 9.31. The molecule has 1 aliphatic heterocycles. The Bertz CT molecular complexity index is 719. The molecule has 0 bridgehead atoms. The highest BCUT2D eigenvalue weighted by atomic mass is 16.4. The van der Waals surface area contributed by atoms with E-state index in [2.05, 4.69) is 39.9 Å². The fourth-order valence-corrected chi connectivity index (χ4v) is 9.31. The third-order valence-corrected chi connectivity index (χ3v) is 10.9. The minimum Gasteiger partial charge on any atom is -0.481 e. The molecule has 3 aliphatic carbocycles. The van der Waals surface area contributed by atoms with Crippen LogP contribution in [0.15, 0.2) is 0 Å². The van der Waals surface area contributed by atoms with Gasteiger partial charge in [0, 0.05) is 30.8 Å². The Balaban J connectivity index is 1.60. The Kier molecular flexibility index (Phi) is 6.85. The average Bonchev–Trinajstić information content (AvgIpc) is 3.06. The summed E-state index contributed by atoms with van der Waals surface area (Å²) in [5.74, 6) is 3.55. The van der Waals surface area contributed by atoms with Crippen LogP contribution in [0.4, 0.5) is 0 Å². The van der Waals surface area contributed by atoms with Crippen molar-refractivity contribution in [1.29, 1.82) is 0 Å². The molecule has 3 saturated carbocycles. The van der Waals surface area contributed by atoms with E-state index >= 15 is 0 Å². The first kappa shape index (κ1) is 24.2. The monoisotopic (exact) mass is 445 g/mol. The lowest BCUT2D eigenvalue weighted by molar-refractivity contribution is -0.161. The van der Waals surface area contributed by atoms with Crippen LogP contribution in [0.5, 0.6) is 0 Å². The number of carboxylic acid groups (broad SMARTS) is 1. The first-order valence-corrected chi connectivity index (χ1v) is 13.6. The van der Waals surface area contributed by atoms with Gasteiger partial charge in [-0.05, 0) is 78.9 Å². The molecule has 2 N–H and O–H groups in total. The van der Waals surface area contributed by atoms with Gasteiger partial charge in [0.1, 0.15) is 5.78 Å². The van der Waals surface area contributed by atoms with E-state index in [4.69, 9.17) is 0 Å². The van der Waals surface area contributed by atoms with Crippen LogP contribution in [-0.4, -0.2) is 29.4 Å². The Hall–Kier alpha value is -0.900. The van der Waals surface area contributed by atoms with Gasteiger partial charge in [-0.25, -0.2) is 0 Å². The third-order valence-electron chi connectivity index (χ3n) is 10.9. The van der Waals surface area contributed by atoms with Gasteiger partial charge in [-0.3, -0.25) is 9.59 Å². The van der Waals surface area contributed by atoms with Gasteiger partial charge in [-0.2, -0.15) is 0 Å². The number of piperidine rings is 1. The first-order valence-electron chi connectivity index (χ1n) is 13.6. The van der Waals surface area contributed by atoms with Crippen molar-refractivity contribution in [1.82, 2.24) is 5.32 Å². The lowest BCUT2D eigenvalue weighted by Gasteiger charge is -2.62. The SMILES string of the molecule is CC(C)CCC[C@@H](C)[C@H]1CC[C@H]2[C@@H]3[C@@H](CC(=O)O)C[C@H]4NCCC(=O)[C@]4(C)[C@H]3CC[C@]12C. The standard InChI is InChI=1S/C28H47NO3/c1-17(2)7-6-8-18(3)20-9-10-21-26-19(16-25(31)32)15-23-28(5,24(30)12-14-29-23)22(26)11-13-27(20,21)4/h17-23,26,29H,6-16H2,1-5H3,(H,31,32)/t18-,19-,20-,21+,22+,23-,26+,27-,28-/m1/s1. The zero-order valence-electron chi connectivity index (χ0n) is 21.2. The summed E-state index contributed by atoms with van der Waals surface area (Å²) in [6, 6.07) is 0.158. The molecular weight excluding hydrogens is 398 g/mol. The van der Waals surface area contributed by atoms with Crippen molar-refractivity contribution in [3.05, 3.63) is 0 Å². The number of nitrogens with one attached hydrogen (secondary N) is 1. The summed E-state index contributed by atoms with van der Waals surface area (Å²) in [7, 11) is 0. The van der Waals surface area contributed by atoms with Crippen LogP contribution in [-0.2, 0) is 9.59 Å². The van der Waals surface area contributed by atoms with Crippen LogP contribution in [0.3, 0.4) is 0 Å². The molecule has 1 heterocycles. The van der Waals surface area contributed by atoms with Crippen molar-refractivity contribution in [2.24, 2.45) is 52.3 Å². The van der Waals surface area contributed by atoms with Crippen molar-refractivity contribution in [3.8, 4) is 0 Å². The maximum atomic E-state index is 13.3. The third kappa shape index (κ3) is 3.97. The molecular formula is C28H47NO3. The normalized spacial score (nSPS) is 44.6. The van der Waals surface area contributed by atoms with Crippen molar-refractivity contribution < 1.29 is 14.7 Å². The molecule has 9 atom stereocenters. The van der Waals surface area contributed by atoms with Crippen molar-refractivity contribution >= 4 is 11.8 Å². The fraction of sp³-hybridized carbons (Fsp3) is 0.929. The molecule has 182 valence electrons. The van der Waals surface area contributed by atoms with Gasteiger partial charge in [0.2, 0.25) is 0 Å². The number of carbonyl (C=O) groups excluding carboxylic acids is 1. The molecule has 0 amide bonds. The second kappa shape index (κ2) is 9.04. The van der Waals surface area contributed by atoms with E-state index < -0.39 is 5.97 Å². The Morgan fingerprint density at radius 3 is 2.56 bits per heavy atom. The number of hydrogen-bond acceptors (Lipinski definition) is 3. The van der Waals surface area contributed by atoms with Crippen LogP contribution < -0.4 is 5.32 Å². The second-order valence-electron chi connectivity index (χ2n) is 12.9. The lowest BCUT2D eigenvalue weighted by Crippen LogP contribution is -2.65. The van der Waals surface area contributed by atoms with E-state index in [0.717, 1.165) is 37.1 Å². The first-order chi connectivity index (χ1) is 15.1. The van der Waals surface area contributed by atoms with Gasteiger partial charge in [0.25, 0.3) is 0 Å². The van der Waals surface area contributed by atoms with E-state index in [0.29, 0.717) is 35.4 Å². The summed E-state index contributed by atoms with van der Waals surface area (Å²) in [5.41, 5.74) is 0.00369. The molecule has 4 rings (SSSR count). The molecule has 0 spiro atoms. The van der Waals surface area contributed by atoms with Gasteiger partial charge < -0.3 is 10.4 Å². The minimum atomic E-state index is -0.664. The molecule has 1 saturated heterocycles. The van der Waals surface area contributed by atoms with Gasteiger partial charge >= 0.3 is 5.97 Å². The number of rotatable bonds is 7. The van der Waals surface area contributed by atoms with Crippen LogP contribution >= 0.6 is 0 Å². The summed E-state index contributed by atoms with van der Waals surface area (Å²) in [4.78, 5) is 25.2. The molecule has 0 aromatic rings. The predicted octanol–water partition coefficient (Wildman–Crippen LogP) is 5.94. The largest absolute Gasteiger partial charge is 0.481 e. The van der Waals surface area contributed by atoms with Gasteiger partial charge in [0.05, 0.1) is 0 Å². The van der Waals surface area contributed by atoms with Crippen LogP contribution in [0.1, 0.15) is 98.8 Å². The topological polar surface area (TPSA) is 66.4 Å². The molecule has 0 unspecified atom stereocenters. The molecule has 0 radical (unpaired) electrons. The summed E-state index contributed by atoms with van der Waals surface area (Å²) in [5, 5.41) is 13.4. The quantitative estimate of drug-likeness (QED) is 0.509. The van der Waals surface area contributed by atoms with Gasteiger partial charge in [-0.15, -0.1) is 0 Å². The smallest absolute Gasteiger partial charge is 0.303 e. The zero-order chi connectivity index (χ0) is 23.3. The maximum absolute atomic E-state index is 13.3. The highest BCUT2D eigenvalue weighted by Gasteiger charge is 2.64. The number of carboxylic acids is 1. The second-order valence-corrected chi connectivity index (χ2v) is 12.9. The number of fused-ring (bicyclic) bond motifs is 5. The van der Waals surface area contributed by atoms with Gasteiger partial charge in [-0.1, -0.05) is 53.9 Å². The zero-order valence-corrected chi connectivity index (χ0v) is 21.2. The molecule has 0 aromatic heterocycles. The van der Waals surface area contributed by atoms with E-state index in [-0.39, 0.29) is 23.8 Å². The van der Waals surface area contributed by atoms with Crippen molar-refractivity contribution in [3.63, 3.8) is 0 Å². The Morgan fingerprint density at radius 2 is 1.88 bits per heavy atom. The van der Waals surface area contributed by atoms with E-state index in [1.165, 1.54) is 38.5 Å². The lowest BCUT2D eigenvalue weighted by atomic mass is 9.44. The molecule has 4 heteroatoms.